The fourth-order valence-electron chi connectivity index (χ4n) is 2.96. The molecule has 8 heteroatoms. The first-order valence-corrected chi connectivity index (χ1v) is 8.62. The van der Waals surface area contributed by atoms with Crippen LogP contribution >= 0.6 is 12.2 Å². The number of benzene rings is 2. The number of allylic oxidation sites excluding steroid dienone is 1. The van der Waals surface area contributed by atoms with Gasteiger partial charge in [-0.25, -0.2) is 0 Å². The van der Waals surface area contributed by atoms with Crippen LogP contribution in [0, 0.1) is 4.77 Å². The number of carbonyl (C=O) groups is 1. The van der Waals surface area contributed by atoms with Crippen molar-refractivity contribution < 1.29 is 15.0 Å². The van der Waals surface area contributed by atoms with Gasteiger partial charge >= 0.3 is 0 Å². The fraction of sp³-hybridized carbons (Fsp3) is 0. The van der Waals surface area contributed by atoms with E-state index >= 15 is 0 Å². The number of aromatic hydroxyl groups is 1. The molecule has 0 spiro atoms. The molecule has 7 nitrogen and oxygen atoms in total. The summed E-state index contributed by atoms with van der Waals surface area (Å²) in [7, 11) is 0. The molecule has 0 bridgehead atoms. The zero-order valence-electron chi connectivity index (χ0n) is 14.2. The molecule has 1 aromatic heterocycles. The Morgan fingerprint density at radius 1 is 1.18 bits per heavy atom. The van der Waals surface area contributed by atoms with Crippen LogP contribution in [0.2, 0.25) is 0 Å². The molecule has 2 aromatic carbocycles. The third kappa shape index (κ3) is 2.95. The zero-order valence-corrected chi connectivity index (χ0v) is 15.1. The highest BCUT2D eigenvalue weighted by Crippen LogP contribution is 2.33. The number of H-pyrrole nitrogens is 1. The van der Waals surface area contributed by atoms with Gasteiger partial charge in [-0.15, -0.1) is 0 Å². The third-order valence-electron chi connectivity index (χ3n) is 4.34. The first-order valence-electron chi connectivity index (χ1n) is 8.21. The Hall–Kier alpha value is -3.78. The van der Waals surface area contributed by atoms with Crippen LogP contribution in [0.4, 0.5) is 5.69 Å². The molecule has 1 aliphatic heterocycles. The molecule has 0 radical (unpaired) electrons. The summed E-state index contributed by atoms with van der Waals surface area (Å²) in [5, 5.41) is 21.7. The molecule has 0 unspecified atom stereocenters. The Kier molecular flexibility index (Phi) is 4.25. The number of nitrogens with one attached hydrogen (secondary N) is 1. The topological polar surface area (TPSA) is 111 Å². The molecule has 0 saturated heterocycles. The number of aromatic carboxylic acids is 1. The second kappa shape index (κ2) is 6.75. The highest BCUT2D eigenvalue weighted by molar-refractivity contribution is 7.71. The lowest BCUT2D eigenvalue weighted by Gasteiger charge is -2.12. The van der Waals surface area contributed by atoms with Gasteiger partial charge in [0.15, 0.2) is 4.77 Å². The molecule has 0 saturated carbocycles. The van der Waals surface area contributed by atoms with Gasteiger partial charge in [0, 0.05) is 17.4 Å². The zero-order chi connectivity index (χ0) is 19.8. The van der Waals surface area contributed by atoms with Crippen molar-refractivity contribution in [2.24, 2.45) is 4.99 Å². The number of aliphatic imine (C=N–C) groups is 1. The van der Waals surface area contributed by atoms with Crippen LogP contribution in [0.3, 0.4) is 0 Å². The predicted octanol–water partition coefficient (Wildman–Crippen LogP) is 2.22. The number of rotatable bonds is 3. The summed E-state index contributed by atoms with van der Waals surface area (Å²) in [5.74, 6) is -1.68. The van der Waals surface area contributed by atoms with Crippen molar-refractivity contribution in [1.82, 2.24) is 9.55 Å². The van der Waals surface area contributed by atoms with Crippen molar-refractivity contribution in [2.75, 3.05) is 0 Å². The number of hydrogen-bond acceptors (Lipinski definition) is 6. The molecule has 4 rings (SSSR count). The number of carboxylic acid groups (broad SMARTS) is 1. The van der Waals surface area contributed by atoms with Crippen molar-refractivity contribution in [1.29, 1.82) is 0 Å². The Bertz CT molecular complexity index is 1280. The van der Waals surface area contributed by atoms with Gasteiger partial charge in [-0.2, -0.15) is 0 Å². The lowest BCUT2D eigenvalue weighted by molar-refractivity contribution is -0.255. The first-order chi connectivity index (χ1) is 13.5. The van der Waals surface area contributed by atoms with Crippen molar-refractivity contribution in [3.05, 3.63) is 80.3 Å². The number of para-hydroxylation sites is 1. The van der Waals surface area contributed by atoms with Gasteiger partial charge in [-0.3, -0.25) is 19.3 Å². The summed E-state index contributed by atoms with van der Waals surface area (Å²) in [4.78, 5) is 30.1. The Labute approximate surface area is 163 Å². The number of carboxylic acids is 1. The maximum Gasteiger partial charge on any atom is 0.262 e. The minimum absolute atomic E-state index is 0.00994. The standard InChI is InChI=1S/C20H13N3O4S/c24-17-15(9-12-10-21-16-4-2-1-3-14(12)16)18(25)23(20(28)22-17)13-7-5-11(6-8-13)19(26)27/h1-10,25H,(H,26,27)(H,22,24,28)/p-1/b12-9+. The smallest absolute Gasteiger partial charge is 0.262 e. The maximum atomic E-state index is 12.4. The van der Waals surface area contributed by atoms with Gasteiger partial charge in [0.2, 0.25) is 5.88 Å². The molecule has 138 valence electrons. The molecule has 28 heavy (non-hydrogen) atoms. The summed E-state index contributed by atoms with van der Waals surface area (Å²) in [6.07, 6.45) is 3.15. The summed E-state index contributed by atoms with van der Waals surface area (Å²) in [5.41, 5.74) is 2.13. The Morgan fingerprint density at radius 3 is 2.61 bits per heavy atom. The summed E-state index contributed by atoms with van der Waals surface area (Å²) >= 11 is 5.17. The lowest BCUT2D eigenvalue weighted by Crippen LogP contribution is -2.22. The Morgan fingerprint density at radius 2 is 1.89 bits per heavy atom. The minimum Gasteiger partial charge on any atom is -0.545 e. The fourth-order valence-corrected chi connectivity index (χ4v) is 3.25. The van der Waals surface area contributed by atoms with Crippen LogP contribution < -0.4 is 10.7 Å². The number of aromatic nitrogens is 2. The largest absolute Gasteiger partial charge is 0.545 e. The number of hydrogen-bond donors (Lipinski definition) is 2. The van der Waals surface area contributed by atoms with Gasteiger partial charge in [0.05, 0.1) is 17.3 Å². The van der Waals surface area contributed by atoms with E-state index in [1.807, 2.05) is 24.3 Å². The molecule has 2 N–H and O–H groups in total. The number of nitrogens with zero attached hydrogens (tertiary/aromatic N) is 2. The highest BCUT2D eigenvalue weighted by atomic mass is 32.1. The van der Waals surface area contributed by atoms with E-state index < -0.39 is 11.5 Å². The normalized spacial score (nSPS) is 13.6. The van der Waals surface area contributed by atoms with E-state index in [4.69, 9.17) is 12.2 Å². The molecular weight excluding hydrogens is 378 g/mol. The highest BCUT2D eigenvalue weighted by Gasteiger charge is 2.16. The lowest BCUT2D eigenvalue weighted by atomic mass is 10.1. The summed E-state index contributed by atoms with van der Waals surface area (Å²) in [6, 6.07) is 13.0. The van der Waals surface area contributed by atoms with Gasteiger partial charge in [-0.05, 0) is 42.1 Å². The van der Waals surface area contributed by atoms with Gasteiger partial charge < -0.3 is 15.0 Å². The molecular formula is C20H12N3O4S-. The maximum absolute atomic E-state index is 12.4. The van der Waals surface area contributed by atoms with Gasteiger partial charge in [0.25, 0.3) is 5.56 Å². The number of aromatic amines is 1. The van der Waals surface area contributed by atoms with E-state index in [1.54, 1.807) is 6.21 Å². The Balaban J connectivity index is 1.87. The van der Waals surface area contributed by atoms with Gasteiger partial charge in [-0.1, -0.05) is 30.3 Å². The average Bonchev–Trinajstić information content (AvgIpc) is 3.08. The van der Waals surface area contributed by atoms with Gasteiger partial charge in [0.1, 0.15) is 5.56 Å². The molecule has 0 amide bonds. The van der Waals surface area contributed by atoms with E-state index in [2.05, 4.69) is 9.98 Å². The predicted molar refractivity (Wildman–Crippen MR) is 106 cm³/mol. The average molecular weight is 390 g/mol. The molecule has 0 atom stereocenters. The van der Waals surface area contributed by atoms with Crippen LogP contribution in [0.1, 0.15) is 21.5 Å². The molecule has 3 aromatic rings. The van der Waals surface area contributed by atoms with Crippen LogP contribution in [0.15, 0.2) is 58.3 Å². The summed E-state index contributed by atoms with van der Waals surface area (Å²) in [6.45, 7) is 0. The SMILES string of the molecule is O=C([O-])c1ccc(-n2c(O)c(/C=C3\C=Nc4ccccc43)c(=O)[nH]c2=S)cc1. The quantitative estimate of drug-likeness (QED) is 0.666. The molecule has 1 aliphatic rings. The number of fused-ring (bicyclic) bond motifs is 1. The van der Waals surface area contributed by atoms with E-state index in [-0.39, 0.29) is 21.8 Å². The van der Waals surface area contributed by atoms with Crippen molar-refractivity contribution in [2.45, 2.75) is 0 Å². The van der Waals surface area contributed by atoms with Crippen LogP contribution in [-0.4, -0.2) is 26.8 Å². The number of carbonyl (C=O) groups excluding carboxylic acids is 1. The second-order valence-corrected chi connectivity index (χ2v) is 6.43. The van der Waals surface area contributed by atoms with Crippen molar-refractivity contribution in [3.63, 3.8) is 0 Å². The molecule has 0 fully saturated rings. The first kappa shape index (κ1) is 17.6. The molecule has 2 heterocycles. The van der Waals surface area contributed by atoms with Crippen molar-refractivity contribution in [3.8, 4) is 11.6 Å². The second-order valence-electron chi connectivity index (χ2n) is 6.04. The molecule has 0 aliphatic carbocycles. The third-order valence-corrected chi connectivity index (χ3v) is 4.62. The van der Waals surface area contributed by atoms with Crippen LogP contribution in [0.25, 0.3) is 17.3 Å². The van der Waals surface area contributed by atoms with Crippen LogP contribution in [-0.2, 0) is 0 Å². The minimum atomic E-state index is -1.31. The van der Waals surface area contributed by atoms with Crippen molar-refractivity contribution >= 4 is 41.7 Å². The summed E-state index contributed by atoms with van der Waals surface area (Å²) < 4.78 is 1.23. The van der Waals surface area contributed by atoms with E-state index in [1.165, 1.54) is 34.9 Å². The van der Waals surface area contributed by atoms with E-state index in [0.29, 0.717) is 11.3 Å². The van der Waals surface area contributed by atoms with Crippen LogP contribution in [0.5, 0.6) is 5.88 Å². The monoisotopic (exact) mass is 390 g/mol. The van der Waals surface area contributed by atoms with E-state index in [9.17, 15) is 19.8 Å². The van der Waals surface area contributed by atoms with E-state index in [0.717, 1.165) is 11.3 Å².